The quantitative estimate of drug-likeness (QED) is 0.128. The molecule has 0 radical (unpaired) electrons. The zero-order chi connectivity index (χ0) is 47.9. The van der Waals surface area contributed by atoms with E-state index in [9.17, 15) is 0 Å². The van der Waals surface area contributed by atoms with Crippen LogP contribution in [0.15, 0.2) is 249 Å². The first-order chi connectivity index (χ1) is 36.1. The van der Waals surface area contributed by atoms with Crippen LogP contribution in [0.2, 0.25) is 0 Å². The van der Waals surface area contributed by atoms with Gasteiger partial charge in [-0.2, -0.15) is 0 Å². The number of hydrogen-bond donors (Lipinski definition) is 0. The van der Waals surface area contributed by atoms with Crippen molar-refractivity contribution in [1.29, 1.82) is 0 Å². The number of para-hydroxylation sites is 7. The van der Waals surface area contributed by atoms with E-state index in [1.165, 1.54) is 0 Å². The van der Waals surface area contributed by atoms with Crippen LogP contribution in [-0.4, -0.2) is 18.3 Å². The van der Waals surface area contributed by atoms with Gasteiger partial charge in [-0.1, -0.05) is 140 Å². The molecule has 15 aromatic rings. The van der Waals surface area contributed by atoms with Crippen LogP contribution in [0.1, 0.15) is 0 Å². The summed E-state index contributed by atoms with van der Waals surface area (Å²) in [4.78, 5) is 0. The van der Waals surface area contributed by atoms with E-state index in [-0.39, 0.29) is 0 Å². The zero-order valence-corrected chi connectivity index (χ0v) is 39.2. The van der Waals surface area contributed by atoms with Crippen LogP contribution in [0.5, 0.6) is 11.5 Å². The molecule has 7 heteroatoms. The average molecular weight is 936 g/mol. The topological polar surface area (TPSA) is 52.0 Å². The number of ether oxygens (including phenoxy) is 1. The summed E-state index contributed by atoms with van der Waals surface area (Å²) in [5, 5.41) is 25.6. The summed E-state index contributed by atoms with van der Waals surface area (Å²) in [6.07, 6.45) is 0. The molecule has 16 rings (SSSR count). The van der Waals surface area contributed by atoms with E-state index < -0.39 is 4.65 Å². The third-order valence-corrected chi connectivity index (χ3v) is 15.4. The van der Waals surface area contributed by atoms with Gasteiger partial charge in [-0.15, -0.1) is 0 Å². The zero-order valence-electron chi connectivity index (χ0n) is 39.2. The van der Waals surface area contributed by atoms with Gasteiger partial charge in [-0.05, 0) is 72.8 Å². The maximum Gasteiger partial charge on any atom is 0.191 e. The number of quaternary nitrogens is 1. The molecule has 0 aliphatic carbocycles. The third-order valence-electron chi connectivity index (χ3n) is 15.4. The van der Waals surface area contributed by atoms with Gasteiger partial charge in [0.05, 0.1) is 55.5 Å². The number of benzene rings is 11. The Bertz CT molecular complexity index is 4490. The molecule has 5 heterocycles. The standard InChI is InChI=1S/C66H41N5O2/c72-71(46-22-8-3-9-23-46)59-38-32-44(69-53-28-14-10-24-47(53)49-34-36-57-63(65(49)69)51-26-12-16-30-55(51)67(57)42-18-4-1-5-19-42)40-61(59)73-62-41-45(33-39-60(62)71)70-54-29-15-11-25-48(54)50-35-37-58-64(66(50)70)52-27-13-17-31-56(52)68(58)43-20-6-2-7-21-43/h1-41H. The maximum absolute atomic E-state index is 16.4. The van der Waals surface area contributed by atoms with Crippen molar-refractivity contribution in [2.45, 2.75) is 0 Å². The third kappa shape index (κ3) is 5.44. The molecule has 342 valence electrons. The predicted molar refractivity (Wildman–Crippen MR) is 301 cm³/mol. The summed E-state index contributed by atoms with van der Waals surface area (Å²) in [6.45, 7) is 0. The number of hydrogen-bond acceptors (Lipinski definition) is 2. The van der Waals surface area contributed by atoms with Crippen molar-refractivity contribution >= 4 is 104 Å². The van der Waals surface area contributed by atoms with Crippen LogP contribution in [-0.2, 0) is 0 Å². The van der Waals surface area contributed by atoms with Crippen LogP contribution in [0.25, 0.3) is 110 Å². The molecule has 0 saturated heterocycles. The lowest BCUT2D eigenvalue weighted by atomic mass is 10.1. The largest absolute Gasteiger partial charge is 0.616 e. The smallest absolute Gasteiger partial charge is 0.191 e. The molecule has 7 nitrogen and oxygen atoms in total. The van der Waals surface area contributed by atoms with Crippen LogP contribution < -0.4 is 9.38 Å². The molecule has 0 bridgehead atoms. The summed E-state index contributed by atoms with van der Waals surface area (Å²) in [7, 11) is 0. The van der Waals surface area contributed by atoms with Crippen molar-refractivity contribution < 1.29 is 4.74 Å². The Morgan fingerprint density at radius 3 is 1.10 bits per heavy atom. The van der Waals surface area contributed by atoms with E-state index >= 15 is 5.21 Å². The van der Waals surface area contributed by atoms with Gasteiger partial charge in [0.1, 0.15) is 5.69 Å². The minimum atomic E-state index is -0.823. The molecule has 0 amide bonds. The highest BCUT2D eigenvalue weighted by Gasteiger charge is 2.39. The van der Waals surface area contributed by atoms with Gasteiger partial charge < -0.3 is 28.2 Å². The van der Waals surface area contributed by atoms with Crippen molar-refractivity contribution in [2.75, 3.05) is 0 Å². The Labute approximate surface area is 418 Å². The molecule has 0 N–H and O–H groups in total. The second-order valence-electron chi connectivity index (χ2n) is 19.1. The van der Waals surface area contributed by atoms with Crippen molar-refractivity contribution in [3.8, 4) is 34.2 Å². The highest BCUT2D eigenvalue weighted by molar-refractivity contribution is 6.27. The lowest BCUT2D eigenvalue weighted by molar-refractivity contribution is 0.440. The van der Waals surface area contributed by atoms with Gasteiger partial charge in [0.15, 0.2) is 22.9 Å². The van der Waals surface area contributed by atoms with Crippen molar-refractivity contribution in [3.05, 3.63) is 254 Å². The summed E-state index contributed by atoms with van der Waals surface area (Å²) < 4.78 is 15.8. The number of nitrogens with zero attached hydrogens (tertiary/aromatic N) is 5. The maximum atomic E-state index is 16.4. The summed E-state index contributed by atoms with van der Waals surface area (Å²) in [6, 6.07) is 86.8. The van der Waals surface area contributed by atoms with E-state index in [1.54, 1.807) is 0 Å². The molecule has 1 aliphatic rings. The first-order valence-electron chi connectivity index (χ1n) is 24.8. The molecular weight excluding hydrogens is 895 g/mol. The molecule has 0 saturated carbocycles. The monoisotopic (exact) mass is 935 g/mol. The van der Waals surface area contributed by atoms with Gasteiger partial charge in [-0.25, -0.2) is 0 Å². The fraction of sp³-hybridized carbons (Fsp3) is 0. The lowest BCUT2D eigenvalue weighted by Crippen LogP contribution is -2.34. The Morgan fingerprint density at radius 1 is 0.288 bits per heavy atom. The summed E-state index contributed by atoms with van der Waals surface area (Å²) in [5.74, 6) is 1.00. The predicted octanol–water partition coefficient (Wildman–Crippen LogP) is 17.6. The van der Waals surface area contributed by atoms with Crippen molar-refractivity contribution in [1.82, 2.24) is 22.9 Å². The second kappa shape index (κ2) is 14.9. The van der Waals surface area contributed by atoms with Crippen LogP contribution in [0, 0.1) is 5.21 Å². The van der Waals surface area contributed by atoms with Crippen LogP contribution in [0.3, 0.4) is 0 Å². The minimum Gasteiger partial charge on any atom is -0.616 e. The second-order valence-corrected chi connectivity index (χ2v) is 19.1. The molecule has 1 aliphatic heterocycles. The Hall–Kier alpha value is -9.66. The van der Waals surface area contributed by atoms with E-state index in [0.29, 0.717) is 28.6 Å². The van der Waals surface area contributed by atoms with E-state index in [2.05, 4.69) is 225 Å². The fourth-order valence-corrected chi connectivity index (χ4v) is 12.4. The van der Waals surface area contributed by atoms with Crippen molar-refractivity contribution in [2.24, 2.45) is 0 Å². The van der Waals surface area contributed by atoms with Crippen LogP contribution in [0.4, 0.5) is 17.1 Å². The van der Waals surface area contributed by atoms with E-state index in [0.717, 1.165) is 110 Å². The molecule has 0 spiro atoms. The van der Waals surface area contributed by atoms with Crippen molar-refractivity contribution in [3.63, 3.8) is 0 Å². The molecule has 11 aromatic carbocycles. The van der Waals surface area contributed by atoms with Gasteiger partial charge in [-0.3, -0.25) is 4.65 Å². The first kappa shape index (κ1) is 40.1. The van der Waals surface area contributed by atoms with E-state index in [1.807, 2.05) is 42.5 Å². The average Bonchev–Trinajstić information content (AvgIpc) is 4.19. The molecule has 0 unspecified atom stereocenters. The van der Waals surface area contributed by atoms with Crippen LogP contribution >= 0.6 is 0 Å². The molecule has 0 fully saturated rings. The number of rotatable bonds is 5. The lowest BCUT2D eigenvalue weighted by Gasteiger charge is -2.44. The van der Waals surface area contributed by atoms with Gasteiger partial charge >= 0.3 is 0 Å². The molecule has 4 aromatic heterocycles. The first-order valence-corrected chi connectivity index (χ1v) is 24.8. The van der Waals surface area contributed by atoms with E-state index in [4.69, 9.17) is 4.74 Å². The number of aromatic nitrogens is 4. The SMILES string of the molecule is [O-][N+]1(c2ccccc2)c2ccc(-n3c4ccccc4c4ccc5c(c6ccccc6n5-c5ccccc5)c43)cc2Oc2cc(-n3c4ccccc4c4ccc5c(c6ccccc6n5-c5ccccc5)c43)ccc21. The molecule has 0 atom stereocenters. The number of fused-ring (bicyclic) bond motifs is 16. The fourth-order valence-electron chi connectivity index (χ4n) is 12.4. The van der Waals surface area contributed by atoms with Gasteiger partial charge in [0.25, 0.3) is 0 Å². The van der Waals surface area contributed by atoms with Gasteiger partial charge in [0.2, 0.25) is 0 Å². The summed E-state index contributed by atoms with van der Waals surface area (Å²) in [5.41, 5.74) is 14.4. The minimum absolute atomic E-state index is 0.501. The highest BCUT2D eigenvalue weighted by Crippen LogP contribution is 2.57. The Balaban J connectivity index is 0.947. The summed E-state index contributed by atoms with van der Waals surface area (Å²) >= 11 is 0. The van der Waals surface area contributed by atoms with Gasteiger partial charge in [0, 0.05) is 90.9 Å². The normalized spacial score (nSPS) is 13.2. The Morgan fingerprint density at radius 2 is 0.658 bits per heavy atom. The highest BCUT2D eigenvalue weighted by atomic mass is 16.6. The molecule has 73 heavy (non-hydrogen) atoms. The Kier molecular flexibility index (Phi) is 8.20. The molecular formula is C66H41N5O2.